The van der Waals surface area contributed by atoms with Gasteiger partial charge in [-0.3, -0.25) is 0 Å². The van der Waals surface area contributed by atoms with E-state index in [0.29, 0.717) is 0 Å². The zero-order chi connectivity index (χ0) is 6.97. The van der Waals surface area contributed by atoms with Crippen molar-refractivity contribution in [3.8, 4) is 0 Å². The van der Waals surface area contributed by atoms with Crippen LogP contribution in [0.5, 0.6) is 0 Å². The molecule has 0 saturated carbocycles. The van der Waals surface area contributed by atoms with E-state index in [4.69, 9.17) is 0 Å². The van der Waals surface area contributed by atoms with Crippen molar-refractivity contribution in [3.63, 3.8) is 0 Å². The average Bonchev–Trinajstić information content (AvgIpc) is 2.33. The van der Waals surface area contributed by atoms with Crippen LogP contribution in [-0.2, 0) is 0 Å². The van der Waals surface area contributed by atoms with Crippen molar-refractivity contribution in [2.75, 3.05) is 0 Å². The Morgan fingerprint density at radius 1 is 1.40 bits per heavy atom. The second-order valence-electron chi connectivity index (χ2n) is 2.48. The summed E-state index contributed by atoms with van der Waals surface area (Å²) in [6.07, 6.45) is 5.99. The average molecular weight is 133 g/mol. The maximum absolute atomic E-state index is 3.03. The lowest BCUT2D eigenvalue weighted by molar-refractivity contribution is -0.511. The van der Waals surface area contributed by atoms with Crippen LogP contribution in [0.3, 0.4) is 0 Å². The summed E-state index contributed by atoms with van der Waals surface area (Å²) in [5.41, 5.74) is 2.47. The zero-order valence-electron chi connectivity index (χ0n) is 5.83. The molecule has 0 atom stereocenters. The third-order valence-corrected chi connectivity index (χ3v) is 1.60. The topological polar surface area (TPSA) is 19.9 Å². The number of hydrogen-bond acceptors (Lipinski definition) is 0. The molecule has 0 bridgehead atoms. The van der Waals surface area contributed by atoms with Crippen LogP contribution in [0, 0.1) is 6.92 Å². The van der Waals surface area contributed by atoms with Gasteiger partial charge in [0.1, 0.15) is 6.20 Å². The highest BCUT2D eigenvalue weighted by atomic mass is 15.0. The second kappa shape index (κ2) is 1.84. The van der Waals surface area contributed by atoms with E-state index in [1.54, 1.807) is 0 Å². The number of aryl methyl sites for hydroxylation is 1. The standard InChI is InChI=1S/C8H8N2/c1-7-2-3-8-4-9-6-10(8)5-7/h2-6H,1H3/p+1. The number of H-pyrrole nitrogens is 1. The molecule has 0 amide bonds. The number of hydrogen-bond donors (Lipinski definition) is 1. The lowest BCUT2D eigenvalue weighted by Gasteiger charge is -1.86. The molecule has 0 aliphatic heterocycles. The van der Waals surface area contributed by atoms with Crippen LogP contribution in [0.4, 0.5) is 0 Å². The Balaban J connectivity index is 2.86. The molecule has 2 heterocycles. The SMILES string of the molecule is Cc1ccc2c[nH]c[n+]2c1. The summed E-state index contributed by atoms with van der Waals surface area (Å²) in [7, 11) is 0. The number of nitrogens with zero attached hydrogens (tertiary/aromatic N) is 1. The summed E-state index contributed by atoms with van der Waals surface area (Å²) < 4.78 is 2.06. The van der Waals surface area contributed by atoms with Crippen LogP contribution in [-0.4, -0.2) is 4.98 Å². The molecular formula is C8H9N2+. The van der Waals surface area contributed by atoms with Gasteiger partial charge in [-0.15, -0.1) is 0 Å². The first-order chi connectivity index (χ1) is 4.86. The first-order valence-electron chi connectivity index (χ1n) is 3.31. The summed E-state index contributed by atoms with van der Waals surface area (Å²) in [4.78, 5) is 3.03. The third-order valence-electron chi connectivity index (χ3n) is 1.60. The molecule has 0 aliphatic carbocycles. The molecule has 0 saturated heterocycles. The molecule has 2 nitrogen and oxygen atoms in total. The summed E-state index contributed by atoms with van der Waals surface area (Å²) in [6.45, 7) is 2.08. The number of aromatic nitrogens is 2. The van der Waals surface area contributed by atoms with Crippen molar-refractivity contribution in [2.24, 2.45) is 0 Å². The van der Waals surface area contributed by atoms with E-state index in [2.05, 4.69) is 34.6 Å². The molecule has 2 aromatic heterocycles. The van der Waals surface area contributed by atoms with Gasteiger partial charge in [-0.05, 0) is 18.6 Å². The van der Waals surface area contributed by atoms with E-state index in [9.17, 15) is 0 Å². The van der Waals surface area contributed by atoms with Gasteiger partial charge in [0.2, 0.25) is 6.33 Å². The van der Waals surface area contributed by atoms with Gasteiger partial charge in [-0.1, -0.05) is 6.07 Å². The number of fused-ring (bicyclic) bond motifs is 1. The molecule has 0 fully saturated rings. The van der Waals surface area contributed by atoms with Gasteiger partial charge in [-0.25, -0.2) is 9.38 Å². The molecule has 2 heteroatoms. The van der Waals surface area contributed by atoms with Crippen molar-refractivity contribution < 1.29 is 4.40 Å². The first kappa shape index (κ1) is 5.47. The summed E-state index contributed by atoms with van der Waals surface area (Å²) in [5.74, 6) is 0. The monoisotopic (exact) mass is 133 g/mol. The predicted octanol–water partition coefficient (Wildman–Crippen LogP) is 1.06. The number of imidazole rings is 1. The minimum absolute atomic E-state index is 1.20. The van der Waals surface area contributed by atoms with Gasteiger partial charge in [0.05, 0.1) is 6.20 Å². The van der Waals surface area contributed by atoms with Gasteiger partial charge < -0.3 is 0 Å². The van der Waals surface area contributed by atoms with Crippen molar-refractivity contribution in [2.45, 2.75) is 6.92 Å². The molecule has 10 heavy (non-hydrogen) atoms. The fourth-order valence-corrected chi connectivity index (χ4v) is 1.08. The largest absolute Gasteiger partial charge is 0.249 e. The molecular weight excluding hydrogens is 124 g/mol. The smallest absolute Gasteiger partial charge is 0.246 e. The van der Waals surface area contributed by atoms with E-state index in [1.807, 2.05) is 12.5 Å². The van der Waals surface area contributed by atoms with Crippen molar-refractivity contribution in [1.29, 1.82) is 0 Å². The number of rotatable bonds is 0. The predicted molar refractivity (Wildman–Crippen MR) is 38.7 cm³/mol. The number of aromatic amines is 1. The lowest BCUT2D eigenvalue weighted by Crippen LogP contribution is -2.16. The van der Waals surface area contributed by atoms with Crippen LogP contribution in [0.25, 0.3) is 5.52 Å². The van der Waals surface area contributed by atoms with Gasteiger partial charge in [-0.2, -0.15) is 0 Å². The Labute approximate surface area is 59.1 Å². The maximum atomic E-state index is 3.03. The van der Waals surface area contributed by atoms with Gasteiger partial charge in [0.15, 0.2) is 5.52 Å². The number of pyridine rings is 1. The van der Waals surface area contributed by atoms with E-state index >= 15 is 0 Å². The molecule has 2 rings (SSSR count). The Bertz CT molecular complexity index is 349. The molecule has 2 aromatic rings. The fourth-order valence-electron chi connectivity index (χ4n) is 1.08. The normalized spacial score (nSPS) is 10.5. The highest BCUT2D eigenvalue weighted by Gasteiger charge is 1.96. The van der Waals surface area contributed by atoms with Gasteiger partial charge >= 0.3 is 0 Å². The Kier molecular flexibility index (Phi) is 1.01. The van der Waals surface area contributed by atoms with Crippen LogP contribution in [0.2, 0.25) is 0 Å². The zero-order valence-corrected chi connectivity index (χ0v) is 5.83. The molecule has 0 unspecified atom stereocenters. The van der Waals surface area contributed by atoms with E-state index in [1.165, 1.54) is 11.1 Å². The fraction of sp³-hybridized carbons (Fsp3) is 0.125. The molecule has 0 aromatic carbocycles. The summed E-state index contributed by atoms with van der Waals surface area (Å²) in [6, 6.07) is 4.19. The highest BCUT2D eigenvalue weighted by molar-refractivity contribution is 5.36. The highest BCUT2D eigenvalue weighted by Crippen LogP contribution is 1.96. The molecule has 0 radical (unpaired) electrons. The summed E-state index contributed by atoms with van der Waals surface area (Å²) in [5, 5.41) is 0. The lowest BCUT2D eigenvalue weighted by atomic mass is 10.3. The Morgan fingerprint density at radius 2 is 2.30 bits per heavy atom. The quantitative estimate of drug-likeness (QED) is 0.518. The van der Waals surface area contributed by atoms with Crippen molar-refractivity contribution in [1.82, 2.24) is 4.98 Å². The number of nitrogens with one attached hydrogen (secondary N) is 1. The maximum Gasteiger partial charge on any atom is 0.246 e. The van der Waals surface area contributed by atoms with E-state index < -0.39 is 0 Å². The van der Waals surface area contributed by atoms with Crippen molar-refractivity contribution in [3.05, 3.63) is 36.4 Å². The van der Waals surface area contributed by atoms with Crippen LogP contribution in [0.15, 0.2) is 30.9 Å². The minimum atomic E-state index is 1.20. The van der Waals surface area contributed by atoms with E-state index in [-0.39, 0.29) is 0 Å². The Morgan fingerprint density at radius 3 is 3.20 bits per heavy atom. The van der Waals surface area contributed by atoms with E-state index in [0.717, 1.165) is 0 Å². The summed E-state index contributed by atoms with van der Waals surface area (Å²) >= 11 is 0. The minimum Gasteiger partial charge on any atom is -0.249 e. The van der Waals surface area contributed by atoms with Crippen LogP contribution < -0.4 is 4.40 Å². The van der Waals surface area contributed by atoms with Gasteiger partial charge in [0, 0.05) is 0 Å². The molecule has 0 aliphatic rings. The third kappa shape index (κ3) is 0.692. The van der Waals surface area contributed by atoms with Crippen LogP contribution in [0.1, 0.15) is 5.56 Å². The Hall–Kier alpha value is -1.31. The van der Waals surface area contributed by atoms with Gasteiger partial charge in [0.25, 0.3) is 0 Å². The van der Waals surface area contributed by atoms with Crippen LogP contribution >= 0.6 is 0 Å². The molecule has 50 valence electrons. The first-order valence-corrected chi connectivity index (χ1v) is 3.31. The second-order valence-corrected chi connectivity index (χ2v) is 2.48. The molecule has 0 spiro atoms. The van der Waals surface area contributed by atoms with Crippen molar-refractivity contribution >= 4 is 5.52 Å². The molecule has 1 N–H and O–H groups in total.